The Labute approximate surface area is 123 Å². The van der Waals surface area contributed by atoms with E-state index < -0.39 is 0 Å². The molecule has 20 heavy (non-hydrogen) atoms. The van der Waals surface area contributed by atoms with Crippen LogP contribution in [0.4, 0.5) is 0 Å². The number of hydrogen-bond acceptors (Lipinski definition) is 3. The molecule has 2 aromatic rings. The van der Waals surface area contributed by atoms with Crippen molar-refractivity contribution in [3.63, 3.8) is 0 Å². The number of aryl methyl sites for hydroxylation is 1. The van der Waals surface area contributed by atoms with Gasteiger partial charge in [0.25, 0.3) is 0 Å². The third kappa shape index (κ3) is 2.52. The second-order valence-electron chi connectivity index (χ2n) is 5.89. The maximum absolute atomic E-state index is 11.5. The number of benzene rings is 1. The van der Waals surface area contributed by atoms with Crippen LogP contribution in [0.1, 0.15) is 32.0 Å². The normalized spacial score (nSPS) is 11.9. The third-order valence-corrected chi connectivity index (χ3v) is 3.67. The topological polar surface area (TPSA) is 44.1 Å². The first-order chi connectivity index (χ1) is 9.25. The van der Waals surface area contributed by atoms with Gasteiger partial charge in [0.15, 0.2) is 0 Å². The van der Waals surface area contributed by atoms with E-state index in [9.17, 15) is 4.79 Å². The van der Waals surface area contributed by atoms with Gasteiger partial charge in [0.2, 0.25) is 0 Å². The number of hydrogen-bond donors (Lipinski definition) is 0. The van der Waals surface area contributed by atoms with Crippen molar-refractivity contribution < 1.29 is 9.53 Å². The second-order valence-corrected chi connectivity index (χ2v) is 6.30. The van der Waals surface area contributed by atoms with Crippen molar-refractivity contribution >= 4 is 28.5 Å². The van der Waals surface area contributed by atoms with E-state index >= 15 is 0 Å². The first-order valence-electron chi connectivity index (χ1n) is 6.47. The molecule has 0 unspecified atom stereocenters. The number of nitrogens with zero attached hydrogens (tertiary/aromatic N) is 2. The summed E-state index contributed by atoms with van der Waals surface area (Å²) in [6.45, 7) is 6.42. The fourth-order valence-electron chi connectivity index (χ4n) is 2.40. The summed E-state index contributed by atoms with van der Waals surface area (Å²) in [4.78, 5) is 11.5. The van der Waals surface area contributed by atoms with E-state index in [2.05, 4.69) is 25.9 Å². The number of rotatable bonds is 2. The average Bonchev–Trinajstić information content (AvgIpc) is 2.66. The molecule has 1 aromatic heterocycles. The third-order valence-electron chi connectivity index (χ3n) is 3.36. The fourth-order valence-corrected chi connectivity index (χ4v) is 2.66. The van der Waals surface area contributed by atoms with Gasteiger partial charge in [-0.15, -0.1) is 0 Å². The lowest BCUT2D eigenvalue weighted by Crippen LogP contribution is -2.13. The molecule has 0 aliphatic carbocycles. The number of esters is 1. The summed E-state index contributed by atoms with van der Waals surface area (Å²) in [5.41, 5.74) is 2.76. The highest BCUT2D eigenvalue weighted by atomic mass is 35.5. The van der Waals surface area contributed by atoms with Crippen LogP contribution in [-0.2, 0) is 28.4 Å². The highest BCUT2D eigenvalue weighted by Gasteiger charge is 2.23. The van der Waals surface area contributed by atoms with Crippen LogP contribution in [0.25, 0.3) is 10.9 Å². The molecule has 1 aromatic carbocycles. The van der Waals surface area contributed by atoms with Gasteiger partial charge >= 0.3 is 5.97 Å². The summed E-state index contributed by atoms with van der Waals surface area (Å²) >= 11 is 6.32. The quantitative estimate of drug-likeness (QED) is 0.799. The number of methoxy groups -OCH3 is 1. The number of carbonyl (C=O) groups is 1. The molecule has 2 rings (SSSR count). The van der Waals surface area contributed by atoms with Crippen molar-refractivity contribution in [3.05, 3.63) is 28.4 Å². The minimum Gasteiger partial charge on any atom is -0.469 e. The van der Waals surface area contributed by atoms with E-state index in [0.29, 0.717) is 10.7 Å². The molecular weight excluding hydrogens is 276 g/mol. The molecule has 1 heterocycles. The van der Waals surface area contributed by atoms with Crippen LogP contribution in [0.15, 0.2) is 12.1 Å². The Kier molecular flexibility index (Phi) is 3.78. The molecule has 0 aliphatic rings. The summed E-state index contributed by atoms with van der Waals surface area (Å²) in [6, 6.07) is 3.89. The number of ether oxygens (including phenoxy) is 1. The summed E-state index contributed by atoms with van der Waals surface area (Å²) in [5.74, 6) is -0.317. The Morgan fingerprint density at radius 1 is 1.40 bits per heavy atom. The molecule has 0 saturated heterocycles. The summed E-state index contributed by atoms with van der Waals surface area (Å²) in [6.07, 6.45) is 0.126. The monoisotopic (exact) mass is 294 g/mol. The molecule has 4 nitrogen and oxygen atoms in total. The van der Waals surface area contributed by atoms with Gasteiger partial charge in [-0.1, -0.05) is 38.4 Å². The maximum Gasteiger partial charge on any atom is 0.311 e. The van der Waals surface area contributed by atoms with Crippen LogP contribution in [0.2, 0.25) is 5.02 Å². The lowest BCUT2D eigenvalue weighted by Gasteiger charge is -2.21. The van der Waals surface area contributed by atoms with Crippen molar-refractivity contribution in [2.75, 3.05) is 7.11 Å². The zero-order chi connectivity index (χ0) is 15.1. The first kappa shape index (κ1) is 14.9. The maximum atomic E-state index is 11.5. The smallest absolute Gasteiger partial charge is 0.311 e. The Morgan fingerprint density at radius 3 is 2.60 bits per heavy atom. The number of fused-ring (bicyclic) bond motifs is 1. The predicted octanol–water partition coefficient (Wildman–Crippen LogP) is 3.24. The molecule has 0 spiro atoms. The molecule has 0 fully saturated rings. The lowest BCUT2D eigenvalue weighted by molar-refractivity contribution is -0.139. The average molecular weight is 295 g/mol. The van der Waals surface area contributed by atoms with Crippen molar-refractivity contribution in [2.45, 2.75) is 32.6 Å². The van der Waals surface area contributed by atoms with E-state index in [1.807, 2.05) is 19.2 Å². The Bertz CT molecular complexity index is 669. The van der Waals surface area contributed by atoms with Crippen molar-refractivity contribution in [1.29, 1.82) is 0 Å². The van der Waals surface area contributed by atoms with Gasteiger partial charge in [0, 0.05) is 12.4 Å². The molecule has 0 saturated carbocycles. The highest BCUT2D eigenvalue weighted by Crippen LogP contribution is 2.35. The van der Waals surface area contributed by atoms with E-state index in [1.54, 1.807) is 4.68 Å². The molecule has 5 heteroatoms. The standard InChI is InChI=1S/C15H19ClN2O2/c1-15(2,3)9-6-7-10(16)13-11(8-12(19)20-5)17-18(4)14(9)13/h6-7H,8H2,1-5H3. The second kappa shape index (κ2) is 5.09. The molecule has 0 bridgehead atoms. The SMILES string of the molecule is COC(=O)Cc1nn(C)c2c(C(C)(C)C)ccc(Cl)c12. The van der Waals surface area contributed by atoms with Gasteiger partial charge in [-0.2, -0.15) is 5.10 Å². The van der Waals surface area contributed by atoms with Crippen molar-refractivity contribution in [2.24, 2.45) is 7.05 Å². The predicted molar refractivity (Wildman–Crippen MR) is 80.1 cm³/mol. The fraction of sp³-hybridized carbons (Fsp3) is 0.467. The molecule has 0 radical (unpaired) electrons. The van der Waals surface area contributed by atoms with E-state index in [4.69, 9.17) is 16.3 Å². The highest BCUT2D eigenvalue weighted by molar-refractivity contribution is 6.35. The summed E-state index contributed by atoms with van der Waals surface area (Å²) < 4.78 is 6.51. The van der Waals surface area contributed by atoms with Crippen LogP contribution in [-0.4, -0.2) is 22.9 Å². The molecule has 0 N–H and O–H groups in total. The zero-order valence-corrected chi connectivity index (χ0v) is 13.2. The minimum atomic E-state index is -0.317. The van der Waals surface area contributed by atoms with Gasteiger partial charge in [-0.3, -0.25) is 9.48 Å². The van der Waals surface area contributed by atoms with Gasteiger partial charge in [-0.25, -0.2) is 0 Å². The summed E-state index contributed by atoms with van der Waals surface area (Å²) in [5, 5.41) is 5.89. The Morgan fingerprint density at radius 2 is 2.05 bits per heavy atom. The zero-order valence-electron chi connectivity index (χ0n) is 12.5. The summed E-state index contributed by atoms with van der Waals surface area (Å²) in [7, 11) is 3.24. The number of aromatic nitrogens is 2. The van der Waals surface area contributed by atoms with Crippen molar-refractivity contribution in [3.8, 4) is 0 Å². The Hall–Kier alpha value is -1.55. The van der Waals surface area contributed by atoms with Gasteiger partial charge < -0.3 is 4.74 Å². The van der Waals surface area contributed by atoms with E-state index in [-0.39, 0.29) is 17.8 Å². The largest absolute Gasteiger partial charge is 0.469 e. The van der Waals surface area contributed by atoms with Crippen LogP contribution in [0.3, 0.4) is 0 Å². The number of carbonyl (C=O) groups excluding carboxylic acids is 1. The van der Waals surface area contributed by atoms with Crippen LogP contribution in [0.5, 0.6) is 0 Å². The lowest BCUT2D eigenvalue weighted by atomic mass is 9.85. The van der Waals surface area contributed by atoms with Crippen LogP contribution >= 0.6 is 11.6 Å². The van der Waals surface area contributed by atoms with E-state index in [0.717, 1.165) is 16.5 Å². The minimum absolute atomic E-state index is 0.0286. The number of halogens is 1. The van der Waals surface area contributed by atoms with Gasteiger partial charge in [-0.05, 0) is 17.0 Å². The Balaban J connectivity index is 2.73. The van der Waals surface area contributed by atoms with Gasteiger partial charge in [0.05, 0.1) is 29.8 Å². The molecule has 0 aliphatic heterocycles. The molecular formula is C15H19ClN2O2. The van der Waals surface area contributed by atoms with Crippen LogP contribution in [0, 0.1) is 0 Å². The molecule has 0 atom stereocenters. The van der Waals surface area contributed by atoms with E-state index in [1.165, 1.54) is 7.11 Å². The molecule has 0 amide bonds. The first-order valence-corrected chi connectivity index (χ1v) is 6.85. The molecule has 108 valence electrons. The van der Waals surface area contributed by atoms with Crippen LogP contribution < -0.4 is 0 Å². The van der Waals surface area contributed by atoms with Crippen molar-refractivity contribution in [1.82, 2.24) is 9.78 Å². The van der Waals surface area contributed by atoms with Gasteiger partial charge in [0.1, 0.15) is 0 Å².